The summed E-state index contributed by atoms with van der Waals surface area (Å²) in [7, 11) is -3.68. The summed E-state index contributed by atoms with van der Waals surface area (Å²) in [5.41, 5.74) is 8.65. The maximum Gasteiger partial charge on any atom is 0.240 e. The van der Waals surface area contributed by atoms with E-state index in [1.54, 1.807) is 30.6 Å². The maximum absolute atomic E-state index is 12.8. The first-order valence-electron chi connectivity index (χ1n) is 9.57. The molecule has 1 aromatic carbocycles. The van der Waals surface area contributed by atoms with E-state index >= 15 is 0 Å². The van der Waals surface area contributed by atoms with E-state index in [0.29, 0.717) is 42.2 Å². The van der Waals surface area contributed by atoms with Crippen molar-refractivity contribution in [3.8, 4) is 21.8 Å². The maximum atomic E-state index is 12.8. The molecule has 10 heteroatoms. The van der Waals surface area contributed by atoms with Crippen molar-refractivity contribution in [2.45, 2.75) is 37.7 Å². The van der Waals surface area contributed by atoms with Crippen molar-refractivity contribution in [3.05, 3.63) is 41.2 Å². The molecule has 0 radical (unpaired) electrons. The minimum absolute atomic E-state index is 0.164. The number of aliphatic hydroxyl groups is 1. The number of anilines is 1. The highest BCUT2D eigenvalue weighted by Gasteiger charge is 2.28. The molecule has 2 aromatic heterocycles. The first kappa shape index (κ1) is 20.9. The first-order chi connectivity index (χ1) is 14.2. The molecule has 158 valence electrons. The first-order valence-corrected chi connectivity index (χ1v) is 11.9. The van der Waals surface area contributed by atoms with E-state index in [2.05, 4.69) is 19.7 Å². The van der Waals surface area contributed by atoms with Crippen molar-refractivity contribution in [3.63, 3.8) is 0 Å². The van der Waals surface area contributed by atoms with Crippen molar-refractivity contribution in [2.24, 2.45) is 5.92 Å². The topological polar surface area (TPSA) is 131 Å². The van der Waals surface area contributed by atoms with Crippen LogP contribution >= 0.6 is 11.3 Å². The van der Waals surface area contributed by atoms with Gasteiger partial charge in [-0.3, -0.25) is 0 Å². The zero-order valence-corrected chi connectivity index (χ0v) is 18.3. The molecule has 0 atom stereocenters. The van der Waals surface area contributed by atoms with E-state index in [4.69, 9.17) is 5.73 Å². The Balaban J connectivity index is 1.65. The summed E-state index contributed by atoms with van der Waals surface area (Å²) < 4.78 is 28.2. The standard InChI is InChI=1S/C20H23N5O3S2/c1-11-3-4-15(30(27,28)24-8-13-5-14(26)6-13)7-16(11)17-9-23-20(21)19(25-17)18-10-22-12(2)29-18/h3-4,7,9-10,13-14,24,26H,5-6,8H2,1-2H3,(H2,21,23). The smallest absolute Gasteiger partial charge is 0.240 e. The molecule has 1 aliphatic carbocycles. The van der Waals surface area contributed by atoms with Crippen LogP contribution in [0.15, 0.2) is 35.5 Å². The number of aliphatic hydroxyl groups excluding tert-OH is 1. The van der Waals surface area contributed by atoms with Gasteiger partial charge in [-0.1, -0.05) is 6.07 Å². The minimum Gasteiger partial charge on any atom is -0.393 e. The number of hydrogen-bond donors (Lipinski definition) is 3. The molecule has 1 saturated carbocycles. The number of hydrogen-bond acceptors (Lipinski definition) is 8. The molecule has 0 spiro atoms. The fraction of sp³-hybridized carbons (Fsp3) is 0.350. The summed E-state index contributed by atoms with van der Waals surface area (Å²) in [4.78, 5) is 14.1. The summed E-state index contributed by atoms with van der Waals surface area (Å²) in [6, 6.07) is 4.94. The van der Waals surface area contributed by atoms with Gasteiger partial charge in [-0.2, -0.15) is 0 Å². The molecule has 0 unspecified atom stereocenters. The highest BCUT2D eigenvalue weighted by atomic mass is 32.2. The van der Waals surface area contributed by atoms with Crippen LogP contribution < -0.4 is 10.5 Å². The van der Waals surface area contributed by atoms with Crippen LogP contribution in [0.3, 0.4) is 0 Å². The Hall–Kier alpha value is -2.40. The Labute approximate surface area is 179 Å². The predicted octanol–water partition coefficient (Wildman–Crippen LogP) is 2.52. The fourth-order valence-electron chi connectivity index (χ4n) is 3.40. The van der Waals surface area contributed by atoms with Gasteiger partial charge in [-0.05, 0) is 50.3 Å². The summed E-state index contributed by atoms with van der Waals surface area (Å²) in [6.07, 6.45) is 4.20. The van der Waals surface area contributed by atoms with Crippen molar-refractivity contribution >= 4 is 27.2 Å². The Morgan fingerprint density at radius 3 is 2.67 bits per heavy atom. The molecule has 3 aromatic rings. The van der Waals surface area contributed by atoms with Crippen LogP contribution in [-0.4, -0.2) is 41.1 Å². The van der Waals surface area contributed by atoms with Crippen molar-refractivity contribution < 1.29 is 13.5 Å². The zero-order chi connectivity index (χ0) is 21.5. The van der Waals surface area contributed by atoms with Gasteiger partial charge < -0.3 is 10.8 Å². The van der Waals surface area contributed by atoms with Gasteiger partial charge in [0.05, 0.1) is 32.8 Å². The van der Waals surface area contributed by atoms with Crippen LogP contribution in [-0.2, 0) is 10.0 Å². The lowest BCUT2D eigenvalue weighted by Gasteiger charge is -2.31. The zero-order valence-electron chi connectivity index (χ0n) is 16.7. The lowest BCUT2D eigenvalue weighted by molar-refractivity contribution is 0.0453. The molecule has 0 saturated heterocycles. The number of nitrogens with zero attached hydrogens (tertiary/aromatic N) is 3. The van der Waals surface area contributed by atoms with E-state index < -0.39 is 10.0 Å². The molecule has 0 amide bonds. The van der Waals surface area contributed by atoms with Gasteiger partial charge in [0.2, 0.25) is 10.0 Å². The Morgan fingerprint density at radius 2 is 2.00 bits per heavy atom. The Morgan fingerprint density at radius 1 is 1.23 bits per heavy atom. The number of nitrogens with one attached hydrogen (secondary N) is 1. The number of benzene rings is 1. The average Bonchev–Trinajstić information content (AvgIpc) is 3.11. The van der Waals surface area contributed by atoms with Crippen LogP contribution in [0.2, 0.25) is 0 Å². The quantitative estimate of drug-likeness (QED) is 0.531. The Kier molecular flexibility index (Phi) is 5.58. The molecular formula is C20H23N5O3S2. The molecule has 1 aliphatic rings. The molecule has 4 rings (SSSR count). The van der Waals surface area contributed by atoms with Gasteiger partial charge in [0.15, 0.2) is 5.82 Å². The molecule has 0 bridgehead atoms. The largest absolute Gasteiger partial charge is 0.393 e. The number of thiazole rings is 1. The van der Waals surface area contributed by atoms with E-state index in [-0.39, 0.29) is 16.9 Å². The molecule has 0 aliphatic heterocycles. The lowest BCUT2D eigenvalue weighted by Crippen LogP contribution is -2.38. The normalized spacial score (nSPS) is 18.9. The van der Waals surface area contributed by atoms with Gasteiger partial charge >= 0.3 is 0 Å². The van der Waals surface area contributed by atoms with Gasteiger partial charge in [-0.15, -0.1) is 11.3 Å². The number of nitrogens with two attached hydrogens (primary N) is 1. The third-order valence-corrected chi connectivity index (χ3v) is 7.56. The number of aromatic nitrogens is 3. The van der Waals surface area contributed by atoms with Crippen LogP contribution in [0.25, 0.3) is 21.8 Å². The predicted molar refractivity (Wildman–Crippen MR) is 116 cm³/mol. The molecule has 4 N–H and O–H groups in total. The van der Waals surface area contributed by atoms with Crippen LogP contribution in [0.5, 0.6) is 0 Å². The van der Waals surface area contributed by atoms with E-state index in [9.17, 15) is 13.5 Å². The van der Waals surface area contributed by atoms with Crippen molar-refractivity contribution in [1.29, 1.82) is 0 Å². The van der Waals surface area contributed by atoms with Crippen LogP contribution in [0.1, 0.15) is 23.4 Å². The van der Waals surface area contributed by atoms with Gasteiger partial charge in [0, 0.05) is 18.3 Å². The molecule has 30 heavy (non-hydrogen) atoms. The van der Waals surface area contributed by atoms with Crippen LogP contribution in [0, 0.1) is 19.8 Å². The fourth-order valence-corrected chi connectivity index (χ4v) is 5.32. The third-order valence-electron chi connectivity index (χ3n) is 5.22. The Bertz CT molecular complexity index is 1190. The third kappa shape index (κ3) is 4.22. The lowest BCUT2D eigenvalue weighted by atomic mass is 9.83. The average molecular weight is 446 g/mol. The summed E-state index contributed by atoms with van der Waals surface area (Å²) in [5.74, 6) is 0.473. The van der Waals surface area contributed by atoms with Gasteiger partial charge in [0.25, 0.3) is 0 Å². The highest BCUT2D eigenvalue weighted by molar-refractivity contribution is 7.89. The summed E-state index contributed by atoms with van der Waals surface area (Å²) in [5, 5.41) is 10.3. The number of sulfonamides is 1. The number of rotatable bonds is 6. The second-order valence-electron chi connectivity index (χ2n) is 7.55. The summed E-state index contributed by atoms with van der Waals surface area (Å²) >= 11 is 1.47. The van der Waals surface area contributed by atoms with E-state index in [0.717, 1.165) is 15.4 Å². The SMILES string of the molecule is Cc1ncc(-c2nc(-c3cc(S(=O)(=O)NCC4CC(O)C4)ccc3C)cnc2N)s1. The molecule has 2 heterocycles. The number of aryl methyl sites for hydroxylation is 2. The molecular weight excluding hydrogens is 422 g/mol. The van der Waals surface area contributed by atoms with Gasteiger partial charge in [-0.25, -0.2) is 28.1 Å². The van der Waals surface area contributed by atoms with Crippen molar-refractivity contribution in [2.75, 3.05) is 12.3 Å². The monoisotopic (exact) mass is 445 g/mol. The van der Waals surface area contributed by atoms with Crippen LogP contribution in [0.4, 0.5) is 5.82 Å². The van der Waals surface area contributed by atoms with Gasteiger partial charge in [0.1, 0.15) is 5.69 Å². The van der Waals surface area contributed by atoms with E-state index in [1.807, 2.05) is 13.8 Å². The second kappa shape index (κ2) is 8.03. The summed E-state index contributed by atoms with van der Waals surface area (Å²) in [6.45, 7) is 4.11. The molecule has 1 fully saturated rings. The van der Waals surface area contributed by atoms with E-state index in [1.165, 1.54) is 11.3 Å². The second-order valence-corrected chi connectivity index (χ2v) is 10.6. The minimum atomic E-state index is -3.68. The van der Waals surface area contributed by atoms with Crippen molar-refractivity contribution in [1.82, 2.24) is 19.7 Å². The molecule has 8 nitrogen and oxygen atoms in total. The number of nitrogen functional groups attached to an aromatic ring is 1. The highest BCUT2D eigenvalue weighted by Crippen LogP contribution is 2.32.